The van der Waals surface area contributed by atoms with Crippen LogP contribution in [0, 0.1) is 0 Å². The zero-order valence-corrected chi connectivity index (χ0v) is 20.8. The molecule has 0 bridgehead atoms. The van der Waals surface area contributed by atoms with Crippen LogP contribution in [0.4, 0.5) is 11.4 Å². The highest BCUT2D eigenvalue weighted by molar-refractivity contribution is 7.90. The highest BCUT2D eigenvalue weighted by Crippen LogP contribution is 2.31. The van der Waals surface area contributed by atoms with Crippen molar-refractivity contribution in [3.63, 3.8) is 0 Å². The maximum atomic E-state index is 13.4. The Morgan fingerprint density at radius 2 is 1.72 bits per heavy atom. The molecule has 0 fully saturated rings. The molecule has 3 aromatic carbocycles. The van der Waals surface area contributed by atoms with Gasteiger partial charge in [0.25, 0.3) is 10.0 Å². The summed E-state index contributed by atoms with van der Waals surface area (Å²) in [4.78, 5) is 4.13. The second kappa shape index (κ2) is 9.85. The maximum absolute atomic E-state index is 13.4. The van der Waals surface area contributed by atoms with E-state index in [4.69, 9.17) is 4.74 Å². The zero-order valence-electron chi connectivity index (χ0n) is 20.0. The second-order valence-electron chi connectivity index (χ2n) is 8.34. The highest BCUT2D eigenvalue weighted by Gasteiger charge is 2.21. The molecular weight excluding hydrogens is 472 g/mol. The van der Waals surface area contributed by atoms with Gasteiger partial charge >= 0.3 is 0 Å². The lowest BCUT2D eigenvalue weighted by Gasteiger charge is -2.11. The Morgan fingerprint density at radius 1 is 0.917 bits per heavy atom. The molecule has 182 valence electrons. The lowest BCUT2D eigenvalue weighted by atomic mass is 10.1. The van der Waals surface area contributed by atoms with Gasteiger partial charge in [0.2, 0.25) is 0 Å². The van der Waals surface area contributed by atoms with E-state index in [1.165, 1.54) is 10.2 Å². The highest BCUT2D eigenvalue weighted by atomic mass is 32.2. The van der Waals surface area contributed by atoms with Gasteiger partial charge in [-0.15, -0.1) is 0 Å². The molecule has 0 radical (unpaired) electrons. The normalized spacial score (nSPS) is 11.5. The minimum atomic E-state index is -3.81. The molecule has 2 N–H and O–H groups in total. The lowest BCUT2D eigenvalue weighted by molar-refractivity contribution is 0.415. The van der Waals surface area contributed by atoms with Crippen molar-refractivity contribution < 1.29 is 13.2 Å². The van der Waals surface area contributed by atoms with Crippen LogP contribution in [0.3, 0.4) is 0 Å². The molecule has 0 aliphatic heterocycles. The van der Waals surface area contributed by atoms with E-state index in [0.717, 1.165) is 39.2 Å². The van der Waals surface area contributed by atoms with Gasteiger partial charge in [0.05, 0.1) is 12.6 Å². The molecule has 0 unspecified atom stereocenters. The number of anilines is 2. The van der Waals surface area contributed by atoms with Crippen molar-refractivity contribution in [3.05, 3.63) is 103 Å². The number of nitrogens with one attached hydrogen (secondary N) is 2. The third-order valence-electron chi connectivity index (χ3n) is 5.99. The molecule has 0 amide bonds. The van der Waals surface area contributed by atoms with Crippen LogP contribution in [-0.4, -0.2) is 31.5 Å². The van der Waals surface area contributed by atoms with E-state index in [1.54, 1.807) is 31.6 Å². The predicted molar refractivity (Wildman–Crippen MR) is 143 cm³/mol. The molecule has 0 aliphatic carbocycles. The van der Waals surface area contributed by atoms with Crippen LogP contribution < -0.4 is 15.4 Å². The first-order valence-corrected chi connectivity index (χ1v) is 12.9. The number of pyridine rings is 1. The number of rotatable bonds is 8. The molecule has 0 saturated carbocycles. The fourth-order valence-corrected chi connectivity index (χ4v) is 5.55. The monoisotopic (exact) mass is 498 g/mol. The molecule has 8 heteroatoms. The van der Waals surface area contributed by atoms with E-state index in [0.29, 0.717) is 12.1 Å². The number of nitrogens with zero attached hydrogens (tertiary/aromatic N) is 2. The van der Waals surface area contributed by atoms with E-state index >= 15 is 0 Å². The molecule has 0 saturated heterocycles. The predicted octanol–water partition coefficient (Wildman–Crippen LogP) is 5.41. The standard InChI is InChI=1S/C28H26N4O3S/c1-29-17-22-19-32(36(33,34)26-7-4-14-30-18-26)28-16-24(12-13-27(22)28)31-23-10-8-20(9-11-23)21-5-3-6-25(15-21)35-2/h3-16,18-19,29,31H,17H2,1-2H3. The summed E-state index contributed by atoms with van der Waals surface area (Å²) in [7, 11) is -0.313. The van der Waals surface area contributed by atoms with Crippen molar-refractivity contribution in [2.45, 2.75) is 11.4 Å². The largest absolute Gasteiger partial charge is 0.497 e. The van der Waals surface area contributed by atoms with Crippen molar-refractivity contribution in [1.82, 2.24) is 14.3 Å². The molecule has 5 rings (SSSR count). The van der Waals surface area contributed by atoms with Gasteiger partial charge in [-0.1, -0.05) is 30.3 Å². The molecule has 7 nitrogen and oxygen atoms in total. The molecule has 2 aromatic heterocycles. The van der Waals surface area contributed by atoms with Gasteiger partial charge in [-0.3, -0.25) is 4.98 Å². The van der Waals surface area contributed by atoms with Crippen molar-refractivity contribution in [2.75, 3.05) is 19.5 Å². The first-order chi connectivity index (χ1) is 17.5. The number of aromatic nitrogens is 2. The molecule has 2 heterocycles. The number of methoxy groups -OCH3 is 1. The fraction of sp³-hybridized carbons (Fsp3) is 0.107. The van der Waals surface area contributed by atoms with E-state index in [2.05, 4.69) is 15.6 Å². The first-order valence-electron chi connectivity index (χ1n) is 11.5. The Balaban J connectivity index is 1.49. The minimum Gasteiger partial charge on any atom is -0.497 e. The number of benzene rings is 3. The zero-order chi connectivity index (χ0) is 25.1. The van der Waals surface area contributed by atoms with Crippen LogP contribution >= 0.6 is 0 Å². The Labute approximate surface area is 210 Å². The van der Waals surface area contributed by atoms with Crippen molar-refractivity contribution in [1.29, 1.82) is 0 Å². The van der Waals surface area contributed by atoms with Crippen LogP contribution in [0.1, 0.15) is 5.56 Å². The number of ether oxygens (including phenoxy) is 1. The first kappa shape index (κ1) is 23.6. The second-order valence-corrected chi connectivity index (χ2v) is 10.2. The average Bonchev–Trinajstić information content (AvgIpc) is 3.28. The lowest BCUT2D eigenvalue weighted by Crippen LogP contribution is -2.12. The summed E-state index contributed by atoms with van der Waals surface area (Å²) >= 11 is 0. The Hall–Kier alpha value is -4.14. The summed E-state index contributed by atoms with van der Waals surface area (Å²) in [5, 5.41) is 7.38. The minimum absolute atomic E-state index is 0.143. The average molecular weight is 499 g/mol. The number of hydrogen-bond donors (Lipinski definition) is 2. The van der Waals surface area contributed by atoms with E-state index < -0.39 is 10.0 Å². The third-order valence-corrected chi connectivity index (χ3v) is 7.65. The number of hydrogen-bond acceptors (Lipinski definition) is 6. The molecule has 5 aromatic rings. The fourth-order valence-electron chi connectivity index (χ4n) is 4.20. The molecule has 36 heavy (non-hydrogen) atoms. The smallest absolute Gasteiger partial charge is 0.269 e. The summed E-state index contributed by atoms with van der Waals surface area (Å²) in [5.41, 5.74) is 5.31. The van der Waals surface area contributed by atoms with Gasteiger partial charge in [0.1, 0.15) is 10.6 Å². The van der Waals surface area contributed by atoms with E-state index in [9.17, 15) is 8.42 Å². The van der Waals surface area contributed by atoms with Crippen molar-refractivity contribution in [3.8, 4) is 16.9 Å². The van der Waals surface area contributed by atoms with Crippen LogP contribution in [0.25, 0.3) is 22.0 Å². The van der Waals surface area contributed by atoms with Crippen LogP contribution in [0.2, 0.25) is 0 Å². The molecular formula is C28H26N4O3S. The third kappa shape index (κ3) is 4.56. The quantitative estimate of drug-likeness (QED) is 0.298. The SMILES string of the molecule is CNCc1cn(S(=O)(=O)c2cccnc2)c2cc(Nc3ccc(-c4cccc(OC)c4)cc3)ccc12. The summed E-state index contributed by atoms with van der Waals surface area (Å²) in [6.45, 7) is 0.546. The van der Waals surface area contributed by atoms with Gasteiger partial charge in [-0.25, -0.2) is 12.4 Å². The van der Waals surface area contributed by atoms with Gasteiger partial charge in [0.15, 0.2) is 0 Å². The van der Waals surface area contributed by atoms with Gasteiger partial charge in [-0.2, -0.15) is 0 Å². The summed E-state index contributed by atoms with van der Waals surface area (Å²) in [5.74, 6) is 0.810. The van der Waals surface area contributed by atoms with Gasteiger partial charge in [-0.05, 0) is 72.3 Å². The van der Waals surface area contributed by atoms with Crippen molar-refractivity contribution >= 4 is 32.3 Å². The molecule has 0 atom stereocenters. The number of fused-ring (bicyclic) bond motifs is 1. The Kier molecular flexibility index (Phi) is 6.45. The summed E-state index contributed by atoms with van der Waals surface area (Å²) in [6.07, 6.45) is 4.60. The van der Waals surface area contributed by atoms with Crippen LogP contribution in [0.15, 0.2) is 102 Å². The Morgan fingerprint density at radius 3 is 2.44 bits per heavy atom. The summed E-state index contributed by atoms with van der Waals surface area (Å²) in [6, 6.07) is 24.9. The summed E-state index contributed by atoms with van der Waals surface area (Å²) < 4.78 is 33.5. The Bertz CT molecular complexity index is 1610. The van der Waals surface area contributed by atoms with Gasteiger partial charge in [0, 0.05) is 41.9 Å². The maximum Gasteiger partial charge on any atom is 0.269 e. The van der Waals surface area contributed by atoms with Crippen LogP contribution in [0.5, 0.6) is 5.75 Å². The molecule has 0 spiro atoms. The topological polar surface area (TPSA) is 85.2 Å². The van der Waals surface area contributed by atoms with Crippen molar-refractivity contribution in [2.24, 2.45) is 0 Å². The van der Waals surface area contributed by atoms with Gasteiger partial charge < -0.3 is 15.4 Å². The van der Waals surface area contributed by atoms with Crippen LogP contribution in [-0.2, 0) is 16.6 Å². The van der Waals surface area contributed by atoms with E-state index in [1.807, 2.05) is 73.8 Å². The molecule has 0 aliphatic rings. The van der Waals surface area contributed by atoms with E-state index in [-0.39, 0.29) is 4.90 Å².